The fourth-order valence-electron chi connectivity index (χ4n) is 1.16. The van der Waals surface area contributed by atoms with E-state index in [-0.39, 0.29) is 17.2 Å². The van der Waals surface area contributed by atoms with Crippen LogP contribution in [-0.4, -0.2) is 24.0 Å². The molecule has 3 N–H and O–H groups in total. The van der Waals surface area contributed by atoms with Gasteiger partial charge in [0.05, 0.1) is 16.9 Å². The minimum Gasteiger partial charge on any atom is -0.478 e. The van der Waals surface area contributed by atoms with E-state index >= 15 is 0 Å². The Bertz CT molecular complexity index is 415. The number of hydrogen-bond acceptors (Lipinski definition) is 3. The summed E-state index contributed by atoms with van der Waals surface area (Å²) in [6.07, 6.45) is 0. The molecule has 0 atom stereocenters. The van der Waals surface area contributed by atoms with Gasteiger partial charge in [0.15, 0.2) is 0 Å². The summed E-state index contributed by atoms with van der Waals surface area (Å²) in [4.78, 5) is 23.1. The number of rotatable bonds is 2. The van der Waals surface area contributed by atoms with E-state index in [2.05, 4.69) is 0 Å². The Morgan fingerprint density at radius 2 is 2.00 bits per heavy atom. The molecule has 0 aromatic heterocycles. The summed E-state index contributed by atoms with van der Waals surface area (Å²) in [5, 5.41) is 8.71. The van der Waals surface area contributed by atoms with Crippen molar-refractivity contribution in [1.29, 1.82) is 0 Å². The summed E-state index contributed by atoms with van der Waals surface area (Å²) < 4.78 is 0. The molecular formula is C10H12N2O3. The van der Waals surface area contributed by atoms with Crippen LogP contribution < -0.4 is 10.6 Å². The van der Waals surface area contributed by atoms with Crippen LogP contribution in [0.1, 0.15) is 17.3 Å². The van der Waals surface area contributed by atoms with E-state index in [1.165, 1.54) is 30.0 Å². The number of anilines is 2. The van der Waals surface area contributed by atoms with Gasteiger partial charge >= 0.3 is 5.97 Å². The maximum Gasteiger partial charge on any atom is 0.335 e. The number of hydrogen-bond donors (Lipinski definition) is 2. The Labute approximate surface area is 87.1 Å². The van der Waals surface area contributed by atoms with Crippen LogP contribution in [0.2, 0.25) is 0 Å². The molecule has 0 bridgehead atoms. The van der Waals surface area contributed by atoms with Crippen molar-refractivity contribution in [2.24, 2.45) is 0 Å². The largest absolute Gasteiger partial charge is 0.478 e. The molecule has 5 nitrogen and oxygen atoms in total. The molecule has 0 unspecified atom stereocenters. The molecule has 1 aromatic carbocycles. The number of aromatic carboxylic acids is 1. The molecule has 0 saturated heterocycles. The minimum atomic E-state index is -1.04. The lowest BCUT2D eigenvalue weighted by molar-refractivity contribution is -0.116. The summed E-state index contributed by atoms with van der Waals surface area (Å²) in [6, 6.07) is 4.25. The number of nitrogens with two attached hydrogens (primary N) is 1. The van der Waals surface area contributed by atoms with E-state index in [4.69, 9.17) is 10.8 Å². The van der Waals surface area contributed by atoms with Gasteiger partial charge in [-0.1, -0.05) is 0 Å². The topological polar surface area (TPSA) is 83.6 Å². The summed E-state index contributed by atoms with van der Waals surface area (Å²) in [5.74, 6) is -1.21. The Balaban J connectivity index is 3.13. The molecule has 0 radical (unpaired) electrons. The fraction of sp³-hybridized carbons (Fsp3) is 0.200. The first-order valence-corrected chi connectivity index (χ1v) is 4.30. The minimum absolute atomic E-state index is 0.105. The predicted octanol–water partition coefficient (Wildman–Crippen LogP) is 0.950. The van der Waals surface area contributed by atoms with Gasteiger partial charge in [-0.2, -0.15) is 0 Å². The number of carbonyl (C=O) groups excluding carboxylic acids is 1. The lowest BCUT2D eigenvalue weighted by Gasteiger charge is -2.17. The first kappa shape index (κ1) is 11.0. The van der Waals surface area contributed by atoms with Crippen LogP contribution >= 0.6 is 0 Å². The van der Waals surface area contributed by atoms with Crippen LogP contribution in [0.4, 0.5) is 11.4 Å². The molecule has 0 spiro atoms. The normalized spacial score (nSPS) is 9.73. The highest BCUT2D eigenvalue weighted by Crippen LogP contribution is 2.23. The third kappa shape index (κ3) is 2.25. The maximum atomic E-state index is 11.1. The molecule has 0 aliphatic rings. The molecule has 0 heterocycles. The van der Waals surface area contributed by atoms with E-state index in [0.29, 0.717) is 5.69 Å². The standard InChI is InChI=1S/C10H12N2O3/c1-6(13)12(2)9-4-3-7(10(14)15)5-8(9)11/h3-5H,11H2,1-2H3,(H,14,15). The van der Waals surface area contributed by atoms with Gasteiger partial charge in [-0.15, -0.1) is 0 Å². The zero-order chi connectivity index (χ0) is 11.6. The van der Waals surface area contributed by atoms with Crippen molar-refractivity contribution in [1.82, 2.24) is 0 Å². The molecule has 5 heteroatoms. The molecule has 0 aliphatic carbocycles. The van der Waals surface area contributed by atoms with E-state index in [0.717, 1.165) is 0 Å². The van der Waals surface area contributed by atoms with Gasteiger partial charge < -0.3 is 15.7 Å². The molecule has 1 aromatic rings. The van der Waals surface area contributed by atoms with Crippen LogP contribution in [0.25, 0.3) is 0 Å². The average Bonchev–Trinajstić information content (AvgIpc) is 2.16. The van der Waals surface area contributed by atoms with Gasteiger partial charge in [0.2, 0.25) is 5.91 Å². The van der Waals surface area contributed by atoms with Crippen molar-refractivity contribution in [2.45, 2.75) is 6.92 Å². The number of carbonyl (C=O) groups is 2. The molecular weight excluding hydrogens is 196 g/mol. The smallest absolute Gasteiger partial charge is 0.335 e. The number of carboxylic acids is 1. The summed E-state index contributed by atoms with van der Waals surface area (Å²) in [6.45, 7) is 1.41. The SMILES string of the molecule is CC(=O)N(C)c1ccc(C(=O)O)cc1N. The second-order valence-corrected chi connectivity index (χ2v) is 3.16. The van der Waals surface area contributed by atoms with E-state index in [1.807, 2.05) is 0 Å². The van der Waals surface area contributed by atoms with Crippen LogP contribution in [0.15, 0.2) is 18.2 Å². The van der Waals surface area contributed by atoms with Crippen LogP contribution in [0.5, 0.6) is 0 Å². The molecule has 15 heavy (non-hydrogen) atoms. The Hall–Kier alpha value is -2.04. The van der Waals surface area contributed by atoms with Crippen LogP contribution in [0, 0.1) is 0 Å². The van der Waals surface area contributed by atoms with Gasteiger partial charge in [-0.3, -0.25) is 4.79 Å². The van der Waals surface area contributed by atoms with Crippen molar-refractivity contribution >= 4 is 23.3 Å². The van der Waals surface area contributed by atoms with Gasteiger partial charge in [0.1, 0.15) is 0 Å². The quantitative estimate of drug-likeness (QED) is 0.709. The second kappa shape index (κ2) is 4.00. The fourth-order valence-corrected chi connectivity index (χ4v) is 1.16. The zero-order valence-electron chi connectivity index (χ0n) is 8.52. The Morgan fingerprint density at radius 1 is 1.40 bits per heavy atom. The number of amides is 1. The number of nitrogens with zero attached hydrogens (tertiary/aromatic N) is 1. The lowest BCUT2D eigenvalue weighted by atomic mass is 10.1. The predicted molar refractivity (Wildman–Crippen MR) is 56.9 cm³/mol. The van der Waals surface area contributed by atoms with Gasteiger partial charge in [0.25, 0.3) is 0 Å². The van der Waals surface area contributed by atoms with E-state index < -0.39 is 5.97 Å². The third-order valence-electron chi connectivity index (χ3n) is 2.11. The Kier molecular flexibility index (Phi) is 2.94. The van der Waals surface area contributed by atoms with Gasteiger partial charge in [-0.25, -0.2) is 4.79 Å². The third-order valence-corrected chi connectivity index (χ3v) is 2.11. The zero-order valence-corrected chi connectivity index (χ0v) is 8.52. The summed E-state index contributed by atoms with van der Waals surface area (Å²) in [7, 11) is 1.58. The van der Waals surface area contributed by atoms with Crippen molar-refractivity contribution < 1.29 is 14.7 Å². The van der Waals surface area contributed by atoms with Crippen LogP contribution in [0.3, 0.4) is 0 Å². The van der Waals surface area contributed by atoms with Crippen molar-refractivity contribution in [2.75, 3.05) is 17.7 Å². The van der Waals surface area contributed by atoms with Gasteiger partial charge in [0, 0.05) is 14.0 Å². The first-order chi connectivity index (χ1) is 6.93. The highest BCUT2D eigenvalue weighted by molar-refractivity contribution is 5.96. The second-order valence-electron chi connectivity index (χ2n) is 3.16. The highest BCUT2D eigenvalue weighted by atomic mass is 16.4. The van der Waals surface area contributed by atoms with Crippen molar-refractivity contribution in [3.8, 4) is 0 Å². The molecule has 80 valence electrons. The number of nitrogen functional groups attached to an aromatic ring is 1. The lowest BCUT2D eigenvalue weighted by Crippen LogP contribution is -2.23. The monoisotopic (exact) mass is 208 g/mol. The molecule has 1 amide bonds. The molecule has 0 saturated carbocycles. The molecule has 1 rings (SSSR count). The van der Waals surface area contributed by atoms with Crippen LogP contribution in [-0.2, 0) is 4.79 Å². The molecule has 0 aliphatic heterocycles. The van der Waals surface area contributed by atoms with Crippen molar-refractivity contribution in [3.05, 3.63) is 23.8 Å². The number of benzene rings is 1. The van der Waals surface area contributed by atoms with Crippen molar-refractivity contribution in [3.63, 3.8) is 0 Å². The van der Waals surface area contributed by atoms with Gasteiger partial charge in [-0.05, 0) is 18.2 Å². The summed E-state index contributed by atoms with van der Waals surface area (Å²) in [5.41, 5.74) is 6.52. The molecule has 0 fully saturated rings. The highest BCUT2D eigenvalue weighted by Gasteiger charge is 2.11. The van der Waals surface area contributed by atoms with E-state index in [1.54, 1.807) is 7.05 Å². The first-order valence-electron chi connectivity index (χ1n) is 4.30. The maximum absolute atomic E-state index is 11.1. The van der Waals surface area contributed by atoms with E-state index in [9.17, 15) is 9.59 Å². The number of carboxylic acid groups (broad SMARTS) is 1. The summed E-state index contributed by atoms with van der Waals surface area (Å²) >= 11 is 0. The average molecular weight is 208 g/mol. The Morgan fingerprint density at radius 3 is 2.40 bits per heavy atom.